The van der Waals surface area contributed by atoms with Crippen LogP contribution in [0.25, 0.3) is 10.9 Å². The highest BCUT2D eigenvalue weighted by Crippen LogP contribution is 2.25. The van der Waals surface area contributed by atoms with Crippen LogP contribution < -0.4 is 0 Å². The van der Waals surface area contributed by atoms with Gasteiger partial charge in [-0.3, -0.25) is 0 Å². The highest BCUT2D eigenvalue weighted by molar-refractivity contribution is 9.10. The van der Waals surface area contributed by atoms with E-state index < -0.39 is 0 Å². The molecule has 68 valence electrons. The normalized spacial score (nSPS) is 11.0. The monoisotopic (exact) mass is 239 g/mol. The van der Waals surface area contributed by atoms with E-state index in [4.69, 9.17) is 5.11 Å². The summed E-state index contributed by atoms with van der Waals surface area (Å²) >= 11 is 3.41. The fourth-order valence-electron chi connectivity index (χ4n) is 1.56. The minimum Gasteiger partial charge on any atom is -0.392 e. The quantitative estimate of drug-likeness (QED) is 0.789. The van der Waals surface area contributed by atoms with Gasteiger partial charge in [-0.15, -0.1) is 0 Å². The van der Waals surface area contributed by atoms with Crippen molar-refractivity contribution in [2.75, 3.05) is 0 Å². The zero-order chi connectivity index (χ0) is 9.42. The number of aromatic nitrogens is 1. The predicted octanol–water partition coefficient (Wildman–Crippen LogP) is 2.73. The lowest BCUT2D eigenvalue weighted by molar-refractivity contribution is 0.282. The Balaban J connectivity index is 2.80. The van der Waals surface area contributed by atoms with Crippen molar-refractivity contribution in [1.82, 2.24) is 4.98 Å². The fourth-order valence-corrected chi connectivity index (χ4v) is 1.92. The van der Waals surface area contributed by atoms with Gasteiger partial charge in [0.25, 0.3) is 0 Å². The predicted molar refractivity (Wildman–Crippen MR) is 56.7 cm³/mol. The minimum absolute atomic E-state index is 0.0856. The number of aryl methyl sites for hydroxylation is 1. The molecule has 3 heteroatoms. The van der Waals surface area contributed by atoms with Crippen molar-refractivity contribution in [3.05, 3.63) is 33.9 Å². The lowest BCUT2D eigenvalue weighted by Gasteiger charge is -1.95. The van der Waals surface area contributed by atoms with Crippen molar-refractivity contribution >= 4 is 26.8 Å². The van der Waals surface area contributed by atoms with Gasteiger partial charge in [-0.05, 0) is 25.1 Å². The third-order valence-corrected chi connectivity index (χ3v) is 2.73. The summed E-state index contributed by atoms with van der Waals surface area (Å²) in [6, 6.07) is 6.01. The van der Waals surface area contributed by atoms with Gasteiger partial charge in [0.2, 0.25) is 0 Å². The Hall–Kier alpha value is -0.800. The highest BCUT2D eigenvalue weighted by atomic mass is 79.9. The standard InChI is InChI=1S/C10H10BrNO/c1-6-9(5-13)8-4-7(11)2-3-10(8)12-6/h2-4,12-13H,5H2,1H3. The van der Waals surface area contributed by atoms with Gasteiger partial charge in [0.1, 0.15) is 0 Å². The summed E-state index contributed by atoms with van der Waals surface area (Å²) < 4.78 is 1.04. The van der Waals surface area contributed by atoms with Gasteiger partial charge >= 0.3 is 0 Å². The SMILES string of the molecule is Cc1[nH]c2ccc(Br)cc2c1CO. The van der Waals surface area contributed by atoms with E-state index in [1.165, 1.54) is 0 Å². The summed E-state index contributed by atoms with van der Waals surface area (Å²) in [5.41, 5.74) is 3.09. The summed E-state index contributed by atoms with van der Waals surface area (Å²) in [7, 11) is 0. The molecule has 2 aromatic rings. The molecule has 13 heavy (non-hydrogen) atoms. The Kier molecular flexibility index (Phi) is 2.14. The average molecular weight is 240 g/mol. The number of hydrogen-bond acceptors (Lipinski definition) is 1. The first-order valence-electron chi connectivity index (χ1n) is 4.10. The van der Waals surface area contributed by atoms with Crippen LogP contribution in [0.1, 0.15) is 11.3 Å². The molecule has 2 rings (SSSR count). The number of H-pyrrole nitrogens is 1. The molecule has 0 aliphatic carbocycles. The molecule has 1 heterocycles. The molecule has 0 atom stereocenters. The zero-order valence-electron chi connectivity index (χ0n) is 7.26. The van der Waals surface area contributed by atoms with Gasteiger partial charge in [0, 0.05) is 26.6 Å². The van der Waals surface area contributed by atoms with E-state index in [0.29, 0.717) is 0 Å². The molecule has 1 aromatic carbocycles. The number of fused-ring (bicyclic) bond motifs is 1. The number of rotatable bonds is 1. The zero-order valence-corrected chi connectivity index (χ0v) is 8.85. The molecule has 0 aliphatic rings. The molecule has 0 fully saturated rings. The van der Waals surface area contributed by atoms with E-state index >= 15 is 0 Å². The molecular formula is C10H10BrNO. The van der Waals surface area contributed by atoms with Crippen LogP contribution in [0.15, 0.2) is 22.7 Å². The molecule has 0 amide bonds. The van der Waals surface area contributed by atoms with Crippen LogP contribution >= 0.6 is 15.9 Å². The van der Waals surface area contributed by atoms with Crippen LogP contribution in [0.4, 0.5) is 0 Å². The lowest BCUT2D eigenvalue weighted by atomic mass is 10.1. The van der Waals surface area contributed by atoms with Crippen molar-refractivity contribution in [3.63, 3.8) is 0 Å². The van der Waals surface area contributed by atoms with E-state index in [0.717, 1.165) is 26.6 Å². The van der Waals surface area contributed by atoms with E-state index in [1.54, 1.807) is 0 Å². The number of aromatic amines is 1. The number of halogens is 1. The number of aliphatic hydroxyl groups is 1. The van der Waals surface area contributed by atoms with Crippen LogP contribution in [0.5, 0.6) is 0 Å². The Morgan fingerprint density at radius 3 is 2.92 bits per heavy atom. The third kappa shape index (κ3) is 1.38. The fraction of sp³-hybridized carbons (Fsp3) is 0.200. The summed E-state index contributed by atoms with van der Waals surface area (Å²) in [6.45, 7) is 2.06. The van der Waals surface area contributed by atoms with Crippen LogP contribution in [-0.4, -0.2) is 10.1 Å². The van der Waals surface area contributed by atoms with Gasteiger partial charge in [-0.2, -0.15) is 0 Å². The Bertz CT molecular complexity index is 447. The second-order valence-electron chi connectivity index (χ2n) is 3.08. The molecule has 0 spiro atoms. The first-order valence-corrected chi connectivity index (χ1v) is 4.89. The summed E-state index contributed by atoms with van der Waals surface area (Å²) in [5.74, 6) is 0. The first kappa shape index (κ1) is 8.78. The maximum absolute atomic E-state index is 9.16. The van der Waals surface area contributed by atoms with E-state index in [-0.39, 0.29) is 6.61 Å². The van der Waals surface area contributed by atoms with Crippen molar-refractivity contribution < 1.29 is 5.11 Å². The molecule has 0 aliphatic heterocycles. The number of benzene rings is 1. The molecular weight excluding hydrogens is 230 g/mol. The first-order chi connectivity index (χ1) is 6.22. The number of nitrogens with one attached hydrogen (secondary N) is 1. The Labute approximate surface area is 84.7 Å². The van der Waals surface area contributed by atoms with Crippen molar-refractivity contribution in [3.8, 4) is 0 Å². The minimum atomic E-state index is 0.0856. The van der Waals surface area contributed by atoms with Gasteiger partial charge < -0.3 is 10.1 Å². The van der Waals surface area contributed by atoms with Gasteiger partial charge in [0.05, 0.1) is 6.61 Å². The van der Waals surface area contributed by atoms with Gasteiger partial charge in [-0.25, -0.2) is 0 Å². The van der Waals surface area contributed by atoms with Crippen molar-refractivity contribution in [1.29, 1.82) is 0 Å². The third-order valence-electron chi connectivity index (χ3n) is 2.24. The lowest BCUT2D eigenvalue weighted by Crippen LogP contribution is -1.83. The summed E-state index contributed by atoms with van der Waals surface area (Å²) in [4.78, 5) is 3.22. The molecule has 1 aromatic heterocycles. The number of hydrogen-bond donors (Lipinski definition) is 2. The summed E-state index contributed by atoms with van der Waals surface area (Å²) in [5, 5.41) is 10.3. The van der Waals surface area contributed by atoms with Crippen molar-refractivity contribution in [2.45, 2.75) is 13.5 Å². The second-order valence-corrected chi connectivity index (χ2v) is 3.99. The average Bonchev–Trinajstić information content (AvgIpc) is 2.40. The maximum atomic E-state index is 9.16. The molecule has 0 saturated carbocycles. The van der Waals surface area contributed by atoms with Crippen LogP contribution in [-0.2, 0) is 6.61 Å². The molecule has 0 saturated heterocycles. The van der Waals surface area contributed by atoms with E-state index in [1.807, 2.05) is 25.1 Å². The topological polar surface area (TPSA) is 36.0 Å². The van der Waals surface area contributed by atoms with Crippen LogP contribution in [0.2, 0.25) is 0 Å². The molecule has 0 unspecified atom stereocenters. The second kappa shape index (κ2) is 3.16. The Morgan fingerprint density at radius 2 is 2.23 bits per heavy atom. The molecule has 0 radical (unpaired) electrons. The smallest absolute Gasteiger partial charge is 0.0705 e. The molecule has 2 N–H and O–H groups in total. The Morgan fingerprint density at radius 1 is 1.46 bits per heavy atom. The number of aliphatic hydroxyl groups excluding tert-OH is 1. The van der Waals surface area contributed by atoms with Crippen molar-refractivity contribution in [2.24, 2.45) is 0 Å². The van der Waals surface area contributed by atoms with E-state index in [9.17, 15) is 0 Å². The maximum Gasteiger partial charge on any atom is 0.0705 e. The van der Waals surface area contributed by atoms with E-state index in [2.05, 4.69) is 20.9 Å². The highest BCUT2D eigenvalue weighted by Gasteiger charge is 2.06. The van der Waals surface area contributed by atoms with Crippen LogP contribution in [0.3, 0.4) is 0 Å². The largest absolute Gasteiger partial charge is 0.392 e. The van der Waals surface area contributed by atoms with Gasteiger partial charge in [0.15, 0.2) is 0 Å². The molecule has 2 nitrogen and oxygen atoms in total. The summed E-state index contributed by atoms with van der Waals surface area (Å²) in [6.07, 6.45) is 0. The van der Waals surface area contributed by atoms with Crippen LogP contribution in [0, 0.1) is 6.92 Å². The van der Waals surface area contributed by atoms with Gasteiger partial charge in [-0.1, -0.05) is 15.9 Å². The molecule has 0 bridgehead atoms.